The lowest BCUT2D eigenvalue weighted by Gasteiger charge is -2.19. The molecule has 1 aliphatic carbocycles. The van der Waals surface area contributed by atoms with Gasteiger partial charge in [-0.1, -0.05) is 38.2 Å². The molecule has 0 bridgehead atoms. The average Bonchev–Trinajstić information content (AvgIpc) is 2.50. The van der Waals surface area contributed by atoms with E-state index in [1.165, 1.54) is 6.07 Å². The number of benzene rings is 1. The summed E-state index contributed by atoms with van der Waals surface area (Å²) in [6.07, 6.45) is 9.06. The van der Waals surface area contributed by atoms with Crippen molar-refractivity contribution in [1.82, 2.24) is 0 Å². The summed E-state index contributed by atoms with van der Waals surface area (Å²) < 4.78 is 14.1. The molecule has 0 radical (unpaired) electrons. The molecule has 0 heterocycles. The van der Waals surface area contributed by atoms with Crippen LogP contribution in [0.2, 0.25) is 0 Å². The Morgan fingerprint density at radius 2 is 2.06 bits per heavy atom. The number of nitrogen functional groups attached to an aromatic ring is 1. The van der Waals surface area contributed by atoms with Crippen LogP contribution in [0.1, 0.15) is 44.2 Å². The summed E-state index contributed by atoms with van der Waals surface area (Å²) in [6.45, 7) is 6.16. The standard InChI is InChI=1S/C16H20FN/c1-4-5-6-7-11-10-16(2,3)15-13(11)8-12(18)9-14(15)17/h4-9,11H,10,18H2,1-3H3/b5-4-,7-6-. The zero-order valence-corrected chi connectivity index (χ0v) is 11.2. The van der Waals surface area contributed by atoms with Gasteiger partial charge in [-0.15, -0.1) is 0 Å². The number of hydrogen-bond donors (Lipinski definition) is 1. The first-order valence-electron chi connectivity index (χ1n) is 6.34. The van der Waals surface area contributed by atoms with Crippen LogP contribution in [0, 0.1) is 5.82 Å². The largest absolute Gasteiger partial charge is 0.399 e. The molecule has 96 valence electrons. The van der Waals surface area contributed by atoms with Crippen molar-refractivity contribution in [2.24, 2.45) is 0 Å². The lowest BCUT2D eigenvalue weighted by molar-refractivity contribution is 0.476. The zero-order valence-electron chi connectivity index (χ0n) is 11.2. The van der Waals surface area contributed by atoms with Gasteiger partial charge in [0.1, 0.15) is 5.82 Å². The maximum absolute atomic E-state index is 14.1. The lowest BCUT2D eigenvalue weighted by Crippen LogP contribution is -2.14. The van der Waals surface area contributed by atoms with Crippen LogP contribution in [0.5, 0.6) is 0 Å². The minimum atomic E-state index is -0.170. The fraction of sp³-hybridized carbons (Fsp3) is 0.375. The van der Waals surface area contributed by atoms with E-state index in [0.29, 0.717) is 5.69 Å². The highest BCUT2D eigenvalue weighted by Crippen LogP contribution is 2.48. The van der Waals surface area contributed by atoms with Crippen molar-refractivity contribution < 1.29 is 4.39 Å². The van der Waals surface area contributed by atoms with Gasteiger partial charge in [-0.05, 0) is 42.0 Å². The number of nitrogens with two attached hydrogens (primary N) is 1. The van der Waals surface area contributed by atoms with Gasteiger partial charge >= 0.3 is 0 Å². The molecule has 0 fully saturated rings. The van der Waals surface area contributed by atoms with E-state index in [9.17, 15) is 4.39 Å². The minimum absolute atomic E-state index is 0.127. The van der Waals surface area contributed by atoms with Crippen molar-refractivity contribution >= 4 is 5.69 Å². The summed E-state index contributed by atoms with van der Waals surface area (Å²) in [5.74, 6) is 0.0844. The van der Waals surface area contributed by atoms with Gasteiger partial charge in [-0.3, -0.25) is 0 Å². The topological polar surface area (TPSA) is 26.0 Å². The first-order valence-corrected chi connectivity index (χ1v) is 6.34. The molecule has 0 aromatic heterocycles. The summed E-state index contributed by atoms with van der Waals surface area (Å²) in [5.41, 5.74) is 8.01. The number of halogens is 1. The Morgan fingerprint density at radius 3 is 2.72 bits per heavy atom. The van der Waals surface area contributed by atoms with E-state index >= 15 is 0 Å². The SMILES string of the molecule is C/C=C\C=C/C1CC(C)(C)c2c(F)cc(N)cc21. The van der Waals surface area contributed by atoms with E-state index in [1.54, 1.807) is 0 Å². The number of allylic oxidation sites excluding steroid dienone is 4. The van der Waals surface area contributed by atoms with Gasteiger partial charge in [0.25, 0.3) is 0 Å². The highest BCUT2D eigenvalue weighted by atomic mass is 19.1. The van der Waals surface area contributed by atoms with Crippen molar-refractivity contribution in [3.63, 3.8) is 0 Å². The van der Waals surface area contributed by atoms with Crippen LogP contribution in [-0.2, 0) is 5.41 Å². The lowest BCUT2D eigenvalue weighted by atomic mass is 9.85. The van der Waals surface area contributed by atoms with Gasteiger partial charge < -0.3 is 5.73 Å². The Kier molecular flexibility index (Phi) is 3.29. The van der Waals surface area contributed by atoms with Crippen LogP contribution in [0.25, 0.3) is 0 Å². The molecule has 2 heteroatoms. The first kappa shape index (κ1) is 12.9. The normalized spacial score (nSPS) is 21.9. The summed E-state index contributed by atoms with van der Waals surface area (Å²) in [5, 5.41) is 0. The van der Waals surface area contributed by atoms with E-state index < -0.39 is 0 Å². The number of fused-ring (bicyclic) bond motifs is 1. The minimum Gasteiger partial charge on any atom is -0.399 e. The molecular weight excluding hydrogens is 225 g/mol. The van der Waals surface area contributed by atoms with Gasteiger partial charge in [0.2, 0.25) is 0 Å². The second kappa shape index (κ2) is 4.60. The Balaban J connectivity index is 2.48. The zero-order chi connectivity index (χ0) is 13.3. The molecule has 2 N–H and O–H groups in total. The number of anilines is 1. The monoisotopic (exact) mass is 245 g/mol. The Morgan fingerprint density at radius 1 is 1.33 bits per heavy atom. The molecule has 2 rings (SSSR count). The second-order valence-corrected chi connectivity index (χ2v) is 5.57. The fourth-order valence-electron chi connectivity index (χ4n) is 2.90. The third-order valence-corrected chi connectivity index (χ3v) is 3.60. The highest BCUT2D eigenvalue weighted by molar-refractivity contribution is 5.53. The van der Waals surface area contributed by atoms with Gasteiger partial charge in [-0.25, -0.2) is 4.39 Å². The van der Waals surface area contributed by atoms with Crippen LogP contribution in [0.3, 0.4) is 0 Å². The number of rotatable bonds is 2. The highest BCUT2D eigenvalue weighted by Gasteiger charge is 2.38. The van der Waals surface area contributed by atoms with Gasteiger partial charge in [-0.2, -0.15) is 0 Å². The molecular formula is C16H20FN. The Bertz CT molecular complexity index is 512. The van der Waals surface area contributed by atoms with Crippen LogP contribution < -0.4 is 5.73 Å². The molecule has 0 amide bonds. The first-order chi connectivity index (χ1) is 8.45. The second-order valence-electron chi connectivity index (χ2n) is 5.57. The van der Waals surface area contributed by atoms with Crippen LogP contribution in [0.15, 0.2) is 36.4 Å². The molecule has 1 atom stereocenters. The van der Waals surface area contributed by atoms with Crippen LogP contribution in [-0.4, -0.2) is 0 Å². The van der Waals surface area contributed by atoms with Gasteiger partial charge in [0.05, 0.1) is 0 Å². The predicted octanol–water partition coefficient (Wildman–Crippen LogP) is 4.31. The Labute approximate surface area is 108 Å². The van der Waals surface area contributed by atoms with E-state index in [2.05, 4.69) is 19.9 Å². The maximum Gasteiger partial charge on any atom is 0.129 e. The average molecular weight is 245 g/mol. The van der Waals surface area contributed by atoms with E-state index in [-0.39, 0.29) is 17.2 Å². The van der Waals surface area contributed by atoms with Crippen LogP contribution in [0.4, 0.5) is 10.1 Å². The molecule has 0 saturated carbocycles. The van der Waals surface area contributed by atoms with Gasteiger partial charge in [0, 0.05) is 11.6 Å². The fourth-order valence-corrected chi connectivity index (χ4v) is 2.90. The summed E-state index contributed by atoms with van der Waals surface area (Å²) in [7, 11) is 0. The van der Waals surface area contributed by atoms with Crippen molar-refractivity contribution in [3.8, 4) is 0 Å². The molecule has 1 aliphatic rings. The predicted molar refractivity (Wildman–Crippen MR) is 75.2 cm³/mol. The number of hydrogen-bond acceptors (Lipinski definition) is 1. The van der Waals surface area contributed by atoms with Crippen LogP contribution >= 0.6 is 0 Å². The molecule has 0 spiro atoms. The van der Waals surface area contributed by atoms with Gasteiger partial charge in [0.15, 0.2) is 0 Å². The quantitative estimate of drug-likeness (QED) is 0.610. The molecule has 1 nitrogen and oxygen atoms in total. The molecule has 0 saturated heterocycles. The maximum atomic E-state index is 14.1. The van der Waals surface area contributed by atoms with E-state index in [4.69, 9.17) is 5.73 Å². The van der Waals surface area contributed by atoms with Crippen molar-refractivity contribution in [2.45, 2.75) is 38.5 Å². The van der Waals surface area contributed by atoms with Crippen molar-refractivity contribution in [1.29, 1.82) is 0 Å². The third-order valence-electron chi connectivity index (χ3n) is 3.60. The molecule has 18 heavy (non-hydrogen) atoms. The van der Waals surface area contributed by atoms with E-state index in [0.717, 1.165) is 17.5 Å². The molecule has 1 unspecified atom stereocenters. The molecule has 0 aliphatic heterocycles. The summed E-state index contributed by atoms with van der Waals surface area (Å²) in [6, 6.07) is 3.34. The smallest absolute Gasteiger partial charge is 0.129 e. The third kappa shape index (κ3) is 2.20. The van der Waals surface area contributed by atoms with Crippen molar-refractivity contribution in [2.75, 3.05) is 5.73 Å². The van der Waals surface area contributed by atoms with Crippen molar-refractivity contribution in [3.05, 3.63) is 53.4 Å². The summed E-state index contributed by atoms with van der Waals surface area (Å²) >= 11 is 0. The Hall–Kier alpha value is -1.57. The van der Waals surface area contributed by atoms with E-state index in [1.807, 2.05) is 31.2 Å². The summed E-state index contributed by atoms with van der Waals surface area (Å²) in [4.78, 5) is 0. The molecule has 1 aromatic rings. The molecule has 1 aromatic carbocycles.